The molecule has 0 spiro atoms. The van der Waals surface area contributed by atoms with E-state index in [1.54, 1.807) is 0 Å². The third-order valence-electron chi connectivity index (χ3n) is 0.863. The van der Waals surface area contributed by atoms with Crippen molar-refractivity contribution in [3.63, 3.8) is 0 Å². The van der Waals surface area contributed by atoms with Gasteiger partial charge < -0.3 is 12.4 Å². The van der Waals surface area contributed by atoms with Crippen molar-refractivity contribution in [2.75, 3.05) is 0 Å². The molecule has 0 saturated carbocycles. The number of benzene rings is 1. The normalized spacial score (nSPS) is 6.78. The van der Waals surface area contributed by atoms with E-state index in [0.29, 0.717) is 0 Å². The van der Waals surface area contributed by atoms with E-state index < -0.39 is 0 Å². The predicted octanol–water partition coefficient (Wildman–Crippen LogP) is -1.20. The number of rotatable bonds is 0. The minimum absolute atomic E-state index is 0. The van der Waals surface area contributed by atoms with Crippen molar-refractivity contribution in [3.8, 4) is 0 Å². The van der Waals surface area contributed by atoms with Gasteiger partial charge in [-0.2, -0.15) is 0 Å². The fraction of sp³-hybridized carbons (Fsp3) is 0.143. The minimum Gasteiger partial charge on any atom is -1.00 e. The van der Waals surface area contributed by atoms with Crippen LogP contribution >= 0.6 is 0 Å². The van der Waals surface area contributed by atoms with Crippen molar-refractivity contribution in [1.82, 2.24) is 0 Å². The maximum Gasteiger partial charge on any atom is 0 e. The summed E-state index contributed by atoms with van der Waals surface area (Å²) < 4.78 is 0. The predicted molar refractivity (Wildman–Crippen MR) is 30.0 cm³/mol. The first-order chi connectivity index (χ1) is 3.39. The van der Waals surface area contributed by atoms with Gasteiger partial charge in [0.15, 0.2) is 0 Å². The van der Waals surface area contributed by atoms with E-state index >= 15 is 0 Å². The van der Waals surface area contributed by atoms with Crippen LogP contribution in [-0.4, -0.2) is 0 Å². The van der Waals surface area contributed by atoms with Gasteiger partial charge in [-0.1, -0.05) is 29.8 Å². The van der Waals surface area contributed by atoms with Gasteiger partial charge in [0, 0.05) is 19.5 Å². The standard InChI is InChI=1S/C7H7.ClH.Rh/c1-7-5-3-2-4-6-7;;/h2-3,5-6H,1H3;1H;/p-1. The first kappa shape index (κ1) is 11.9. The summed E-state index contributed by atoms with van der Waals surface area (Å²) in [6.07, 6.45) is 0. The van der Waals surface area contributed by atoms with Crippen LogP contribution in [-0.2, 0) is 19.5 Å². The molecule has 9 heavy (non-hydrogen) atoms. The SMILES string of the molecule is Cc1c[c]ccc1.[Cl-].[Rh]. The quantitative estimate of drug-likeness (QED) is 0.490. The van der Waals surface area contributed by atoms with Crippen LogP contribution < -0.4 is 12.4 Å². The molecule has 0 bridgehead atoms. The molecular formula is C7H7ClRh-. The van der Waals surface area contributed by atoms with Crippen LogP contribution in [0.25, 0.3) is 0 Å². The number of hydrogen-bond donors (Lipinski definition) is 0. The molecule has 1 rings (SSSR count). The number of hydrogen-bond acceptors (Lipinski definition) is 0. The fourth-order valence-electron chi connectivity index (χ4n) is 0.483. The molecule has 0 amide bonds. The maximum atomic E-state index is 2.96. The first-order valence-electron chi connectivity index (χ1n) is 2.32. The molecule has 0 nitrogen and oxygen atoms in total. The molecule has 1 aromatic rings. The summed E-state index contributed by atoms with van der Waals surface area (Å²) in [4.78, 5) is 0. The number of halogens is 1. The van der Waals surface area contributed by atoms with Crippen LogP contribution in [0.4, 0.5) is 0 Å². The molecule has 0 N–H and O–H groups in total. The maximum absolute atomic E-state index is 2.96. The van der Waals surface area contributed by atoms with Crippen molar-refractivity contribution in [2.24, 2.45) is 0 Å². The molecular weight excluding hydrogens is 222 g/mol. The molecule has 2 heteroatoms. The van der Waals surface area contributed by atoms with Gasteiger partial charge >= 0.3 is 0 Å². The van der Waals surface area contributed by atoms with Crippen molar-refractivity contribution >= 4 is 0 Å². The smallest absolute Gasteiger partial charge is 0 e. The third-order valence-corrected chi connectivity index (χ3v) is 0.863. The van der Waals surface area contributed by atoms with Crippen molar-refractivity contribution in [2.45, 2.75) is 6.92 Å². The van der Waals surface area contributed by atoms with Crippen molar-refractivity contribution < 1.29 is 31.9 Å². The fourth-order valence-corrected chi connectivity index (χ4v) is 0.483. The Kier molecular flexibility index (Phi) is 8.25. The first-order valence-corrected chi connectivity index (χ1v) is 2.32. The van der Waals surface area contributed by atoms with Gasteiger partial charge in [-0.25, -0.2) is 0 Å². The van der Waals surface area contributed by atoms with Gasteiger partial charge in [-0.05, 0) is 13.0 Å². The van der Waals surface area contributed by atoms with Gasteiger partial charge in [-0.3, -0.25) is 0 Å². The molecule has 1 aromatic carbocycles. The third kappa shape index (κ3) is 4.63. The Morgan fingerprint density at radius 1 is 1.44 bits per heavy atom. The molecule has 2 radical (unpaired) electrons. The summed E-state index contributed by atoms with van der Waals surface area (Å²) in [5.74, 6) is 0. The summed E-state index contributed by atoms with van der Waals surface area (Å²) in [6.45, 7) is 2.05. The largest absolute Gasteiger partial charge is 1.00 e. The Bertz CT molecular complexity index is 139. The minimum atomic E-state index is 0. The van der Waals surface area contributed by atoms with Gasteiger partial charge in [0.2, 0.25) is 0 Å². The molecule has 0 aliphatic heterocycles. The monoisotopic (exact) mass is 229 g/mol. The van der Waals surface area contributed by atoms with Crippen LogP contribution in [0.2, 0.25) is 0 Å². The Balaban J connectivity index is 0. The molecule has 0 saturated heterocycles. The van der Waals surface area contributed by atoms with Gasteiger partial charge in [0.1, 0.15) is 0 Å². The van der Waals surface area contributed by atoms with Gasteiger partial charge in [0.25, 0.3) is 0 Å². The van der Waals surface area contributed by atoms with Crippen molar-refractivity contribution in [3.05, 3.63) is 35.9 Å². The molecule has 0 fully saturated rings. The molecule has 0 heterocycles. The van der Waals surface area contributed by atoms with Gasteiger partial charge in [0.05, 0.1) is 0 Å². The molecule has 0 unspecified atom stereocenters. The van der Waals surface area contributed by atoms with E-state index in [9.17, 15) is 0 Å². The second-order valence-electron chi connectivity index (χ2n) is 1.58. The van der Waals surface area contributed by atoms with Crippen LogP contribution in [0.5, 0.6) is 0 Å². The van der Waals surface area contributed by atoms with E-state index in [4.69, 9.17) is 0 Å². The average Bonchev–Trinajstić information content (AvgIpc) is 1.69. The van der Waals surface area contributed by atoms with Crippen LogP contribution in [0.15, 0.2) is 24.3 Å². The van der Waals surface area contributed by atoms with Crippen molar-refractivity contribution in [1.29, 1.82) is 0 Å². The molecule has 0 aliphatic rings. The molecule has 52 valence electrons. The zero-order chi connectivity index (χ0) is 5.11. The summed E-state index contributed by atoms with van der Waals surface area (Å²) in [5.41, 5.74) is 1.27. The topological polar surface area (TPSA) is 0 Å². The van der Waals surface area contributed by atoms with E-state index in [2.05, 4.69) is 19.1 Å². The summed E-state index contributed by atoms with van der Waals surface area (Å²) in [6, 6.07) is 10.8. The Hall–Kier alpha value is 0.133. The van der Waals surface area contributed by atoms with Crippen LogP contribution in [0.1, 0.15) is 5.56 Å². The zero-order valence-electron chi connectivity index (χ0n) is 5.02. The molecule has 0 aliphatic carbocycles. The summed E-state index contributed by atoms with van der Waals surface area (Å²) in [7, 11) is 0. The van der Waals surface area contributed by atoms with Crippen LogP contribution in [0.3, 0.4) is 0 Å². The summed E-state index contributed by atoms with van der Waals surface area (Å²) in [5, 5.41) is 0. The molecule has 0 atom stereocenters. The Morgan fingerprint density at radius 3 is 2.33 bits per heavy atom. The Labute approximate surface area is 74.8 Å². The van der Waals surface area contributed by atoms with Crippen LogP contribution in [0, 0.1) is 13.0 Å². The summed E-state index contributed by atoms with van der Waals surface area (Å²) >= 11 is 0. The molecule has 0 aromatic heterocycles. The van der Waals surface area contributed by atoms with E-state index in [0.717, 1.165) is 0 Å². The Morgan fingerprint density at radius 2 is 2.11 bits per heavy atom. The second-order valence-corrected chi connectivity index (χ2v) is 1.58. The zero-order valence-corrected chi connectivity index (χ0v) is 7.42. The average molecular weight is 229 g/mol. The van der Waals surface area contributed by atoms with E-state index in [-0.39, 0.29) is 31.9 Å². The van der Waals surface area contributed by atoms with E-state index in [1.807, 2.05) is 18.2 Å². The number of aryl methyl sites for hydroxylation is 1. The second kappa shape index (κ2) is 6.26. The van der Waals surface area contributed by atoms with E-state index in [1.165, 1.54) is 5.56 Å². The van der Waals surface area contributed by atoms with Gasteiger partial charge in [-0.15, -0.1) is 0 Å².